The van der Waals surface area contributed by atoms with Crippen LogP contribution in [0.5, 0.6) is 0 Å². The SMILES string of the molecule is CCCN(CC1CC1)c1cccc(NN)c1[N+](=O)[O-]. The van der Waals surface area contributed by atoms with E-state index in [0.717, 1.165) is 19.5 Å². The molecule has 0 aliphatic heterocycles. The molecule has 1 aromatic carbocycles. The van der Waals surface area contributed by atoms with Gasteiger partial charge in [-0.3, -0.25) is 16.0 Å². The molecule has 1 saturated carbocycles. The van der Waals surface area contributed by atoms with Crippen molar-refractivity contribution in [3.63, 3.8) is 0 Å². The Bertz CT molecular complexity index is 460. The molecule has 0 unspecified atom stereocenters. The maximum atomic E-state index is 11.3. The molecule has 104 valence electrons. The van der Waals surface area contributed by atoms with Crippen molar-refractivity contribution in [2.45, 2.75) is 26.2 Å². The second kappa shape index (κ2) is 5.88. The normalized spacial score (nSPS) is 14.2. The van der Waals surface area contributed by atoms with Gasteiger partial charge in [-0.05, 0) is 37.3 Å². The van der Waals surface area contributed by atoms with Gasteiger partial charge in [0, 0.05) is 13.1 Å². The van der Waals surface area contributed by atoms with Crippen LogP contribution in [0.15, 0.2) is 18.2 Å². The molecule has 1 aliphatic carbocycles. The summed E-state index contributed by atoms with van der Waals surface area (Å²) in [7, 11) is 0. The van der Waals surface area contributed by atoms with E-state index in [1.807, 2.05) is 0 Å². The van der Waals surface area contributed by atoms with Gasteiger partial charge < -0.3 is 10.3 Å². The quantitative estimate of drug-likeness (QED) is 0.449. The minimum atomic E-state index is -0.361. The fourth-order valence-corrected chi connectivity index (χ4v) is 2.29. The van der Waals surface area contributed by atoms with Crippen LogP contribution >= 0.6 is 0 Å². The van der Waals surface area contributed by atoms with Crippen LogP contribution in [0, 0.1) is 16.0 Å². The van der Waals surface area contributed by atoms with Crippen LogP contribution in [-0.4, -0.2) is 18.0 Å². The highest BCUT2D eigenvalue weighted by Gasteiger charge is 2.28. The molecule has 0 heterocycles. The Morgan fingerprint density at radius 3 is 2.79 bits per heavy atom. The Morgan fingerprint density at radius 2 is 2.26 bits per heavy atom. The number of benzene rings is 1. The zero-order valence-corrected chi connectivity index (χ0v) is 11.1. The first-order valence-electron chi connectivity index (χ1n) is 6.66. The number of nitrogens with one attached hydrogen (secondary N) is 1. The number of rotatable bonds is 7. The minimum absolute atomic E-state index is 0.0686. The topological polar surface area (TPSA) is 84.4 Å². The van der Waals surface area contributed by atoms with Crippen LogP contribution < -0.4 is 16.2 Å². The standard InChI is InChI=1S/C13H20N4O2/c1-2-8-16(9-10-6-7-10)12-5-3-4-11(15-14)13(12)17(18)19/h3-5,10,15H,2,6-9,14H2,1H3. The summed E-state index contributed by atoms with van der Waals surface area (Å²) >= 11 is 0. The summed E-state index contributed by atoms with van der Waals surface area (Å²) in [5.74, 6) is 6.05. The van der Waals surface area contributed by atoms with E-state index in [1.165, 1.54) is 12.8 Å². The number of hydrogen-bond donors (Lipinski definition) is 2. The molecule has 6 heteroatoms. The van der Waals surface area contributed by atoms with Gasteiger partial charge in [-0.25, -0.2) is 0 Å². The summed E-state index contributed by atoms with van der Waals surface area (Å²) < 4.78 is 0. The molecule has 0 spiro atoms. The van der Waals surface area contributed by atoms with Crippen LogP contribution in [-0.2, 0) is 0 Å². The number of nitrogens with zero attached hydrogens (tertiary/aromatic N) is 2. The second-order valence-corrected chi connectivity index (χ2v) is 4.96. The van der Waals surface area contributed by atoms with Gasteiger partial charge in [0.25, 0.3) is 0 Å². The zero-order valence-electron chi connectivity index (χ0n) is 11.1. The van der Waals surface area contributed by atoms with Gasteiger partial charge in [0.2, 0.25) is 0 Å². The highest BCUT2D eigenvalue weighted by Crippen LogP contribution is 2.38. The lowest BCUT2D eigenvalue weighted by Gasteiger charge is -2.24. The Morgan fingerprint density at radius 1 is 1.53 bits per heavy atom. The molecule has 0 atom stereocenters. The molecular formula is C13H20N4O2. The molecule has 0 saturated heterocycles. The van der Waals surface area contributed by atoms with Crippen molar-refractivity contribution in [2.75, 3.05) is 23.4 Å². The predicted octanol–water partition coefficient (Wildman–Crippen LogP) is 2.51. The second-order valence-electron chi connectivity index (χ2n) is 4.96. The summed E-state index contributed by atoms with van der Waals surface area (Å²) in [4.78, 5) is 13.0. The average Bonchev–Trinajstić information content (AvgIpc) is 3.21. The minimum Gasteiger partial charge on any atom is -0.366 e. The van der Waals surface area contributed by atoms with E-state index in [4.69, 9.17) is 5.84 Å². The summed E-state index contributed by atoms with van der Waals surface area (Å²) in [6.07, 6.45) is 3.41. The third-order valence-electron chi connectivity index (χ3n) is 3.36. The highest BCUT2D eigenvalue weighted by atomic mass is 16.6. The van der Waals surface area contributed by atoms with Crippen molar-refractivity contribution in [1.29, 1.82) is 0 Å². The molecule has 0 aromatic heterocycles. The van der Waals surface area contributed by atoms with Crippen LogP contribution in [0.2, 0.25) is 0 Å². The number of hydrogen-bond acceptors (Lipinski definition) is 5. The van der Waals surface area contributed by atoms with Crippen molar-refractivity contribution >= 4 is 17.1 Å². The lowest BCUT2D eigenvalue weighted by molar-refractivity contribution is -0.383. The van der Waals surface area contributed by atoms with E-state index in [-0.39, 0.29) is 10.6 Å². The molecule has 2 rings (SSSR count). The van der Waals surface area contributed by atoms with Crippen molar-refractivity contribution < 1.29 is 4.92 Å². The molecule has 1 aliphatic rings. The van der Waals surface area contributed by atoms with Gasteiger partial charge in [-0.2, -0.15) is 0 Å². The largest absolute Gasteiger partial charge is 0.366 e. The summed E-state index contributed by atoms with van der Waals surface area (Å²) in [6.45, 7) is 3.80. The maximum Gasteiger partial charge on any atom is 0.316 e. The number of nitro groups is 1. The van der Waals surface area contributed by atoms with Crippen LogP contribution in [0.4, 0.5) is 17.1 Å². The smallest absolute Gasteiger partial charge is 0.316 e. The van der Waals surface area contributed by atoms with Crippen LogP contribution in [0.25, 0.3) is 0 Å². The molecule has 1 fully saturated rings. The molecule has 6 nitrogen and oxygen atoms in total. The average molecular weight is 264 g/mol. The number of nitro benzene ring substituents is 1. The van der Waals surface area contributed by atoms with Gasteiger partial charge in [0.1, 0.15) is 11.4 Å². The van der Waals surface area contributed by atoms with Crippen molar-refractivity contribution in [2.24, 2.45) is 11.8 Å². The van der Waals surface area contributed by atoms with Gasteiger partial charge >= 0.3 is 5.69 Å². The number of anilines is 2. The first kappa shape index (κ1) is 13.6. The monoisotopic (exact) mass is 264 g/mol. The first-order valence-corrected chi connectivity index (χ1v) is 6.66. The van der Waals surface area contributed by atoms with E-state index in [0.29, 0.717) is 17.3 Å². The van der Waals surface area contributed by atoms with E-state index in [2.05, 4.69) is 17.2 Å². The molecule has 0 amide bonds. The molecule has 0 bridgehead atoms. The Labute approximate surface area is 112 Å². The fourth-order valence-electron chi connectivity index (χ4n) is 2.29. The summed E-state index contributed by atoms with van der Waals surface area (Å²) in [6, 6.07) is 5.23. The Balaban J connectivity index is 2.35. The highest BCUT2D eigenvalue weighted by molar-refractivity contribution is 5.76. The number of para-hydroxylation sites is 1. The van der Waals surface area contributed by atoms with Crippen LogP contribution in [0.1, 0.15) is 26.2 Å². The van der Waals surface area contributed by atoms with Crippen molar-refractivity contribution in [1.82, 2.24) is 0 Å². The van der Waals surface area contributed by atoms with Crippen molar-refractivity contribution in [3.8, 4) is 0 Å². The third-order valence-corrected chi connectivity index (χ3v) is 3.36. The van der Waals surface area contributed by atoms with Gasteiger partial charge in [-0.1, -0.05) is 13.0 Å². The number of nitrogen functional groups attached to an aromatic ring is 1. The van der Waals surface area contributed by atoms with E-state index < -0.39 is 0 Å². The molecule has 3 N–H and O–H groups in total. The van der Waals surface area contributed by atoms with Gasteiger partial charge in [-0.15, -0.1) is 0 Å². The van der Waals surface area contributed by atoms with E-state index in [1.54, 1.807) is 18.2 Å². The summed E-state index contributed by atoms with van der Waals surface area (Å²) in [5.41, 5.74) is 3.51. The predicted molar refractivity (Wildman–Crippen MR) is 76.1 cm³/mol. The fraction of sp³-hybridized carbons (Fsp3) is 0.538. The molecule has 19 heavy (non-hydrogen) atoms. The van der Waals surface area contributed by atoms with E-state index in [9.17, 15) is 10.1 Å². The first-order chi connectivity index (χ1) is 9.17. The van der Waals surface area contributed by atoms with Crippen LogP contribution in [0.3, 0.4) is 0 Å². The summed E-state index contributed by atoms with van der Waals surface area (Å²) in [5, 5.41) is 11.3. The molecule has 1 aromatic rings. The Kier molecular flexibility index (Phi) is 4.21. The molecule has 0 radical (unpaired) electrons. The van der Waals surface area contributed by atoms with Gasteiger partial charge in [0.05, 0.1) is 4.92 Å². The van der Waals surface area contributed by atoms with E-state index >= 15 is 0 Å². The lowest BCUT2D eigenvalue weighted by atomic mass is 10.2. The van der Waals surface area contributed by atoms with Gasteiger partial charge in [0.15, 0.2) is 0 Å². The van der Waals surface area contributed by atoms with Crippen molar-refractivity contribution in [3.05, 3.63) is 28.3 Å². The zero-order chi connectivity index (χ0) is 13.8. The molecular weight excluding hydrogens is 244 g/mol. The Hall–Kier alpha value is -1.82. The maximum absolute atomic E-state index is 11.3. The number of nitrogens with two attached hydrogens (primary N) is 1. The third kappa shape index (κ3) is 3.14. The lowest BCUT2D eigenvalue weighted by Crippen LogP contribution is -2.27. The number of hydrazine groups is 1.